The summed E-state index contributed by atoms with van der Waals surface area (Å²) in [5, 5.41) is 0. The van der Waals surface area contributed by atoms with Crippen LogP contribution < -0.4 is 10.5 Å². The summed E-state index contributed by atoms with van der Waals surface area (Å²) in [5.74, 6) is -0.0979. The van der Waals surface area contributed by atoms with Crippen molar-refractivity contribution in [2.45, 2.75) is 43.0 Å². The lowest BCUT2D eigenvalue weighted by molar-refractivity contribution is -0.275. The molecule has 0 atom stereocenters. The van der Waals surface area contributed by atoms with Gasteiger partial charge in [-0.2, -0.15) is 0 Å². The van der Waals surface area contributed by atoms with E-state index >= 15 is 0 Å². The van der Waals surface area contributed by atoms with Crippen LogP contribution in [-0.4, -0.2) is 11.9 Å². The summed E-state index contributed by atoms with van der Waals surface area (Å²) < 4.78 is 41.3. The Labute approximate surface area is 103 Å². The van der Waals surface area contributed by atoms with E-state index in [0.717, 1.165) is 25.7 Å². The molecule has 2 fully saturated rings. The standard InChI is InChI=1S/C13H14F3NO/c14-13(15,16)18-10-4-2-1-3-9(10)11(5-6-11)12(17)7-8-12/h1-4H,5-8,17H2. The lowest BCUT2D eigenvalue weighted by Crippen LogP contribution is -2.37. The molecule has 3 rings (SSSR count). The van der Waals surface area contributed by atoms with Crippen molar-refractivity contribution < 1.29 is 17.9 Å². The summed E-state index contributed by atoms with van der Waals surface area (Å²) in [6.45, 7) is 0. The number of halogens is 3. The molecule has 2 aliphatic rings. The van der Waals surface area contributed by atoms with Gasteiger partial charge in [0, 0.05) is 16.5 Å². The summed E-state index contributed by atoms with van der Waals surface area (Å²) >= 11 is 0. The molecule has 2 nitrogen and oxygen atoms in total. The number of alkyl halides is 3. The molecule has 2 aliphatic carbocycles. The largest absolute Gasteiger partial charge is 0.573 e. The Hall–Kier alpha value is -1.23. The summed E-state index contributed by atoms with van der Waals surface area (Å²) in [6.07, 6.45) is -1.19. The number of rotatable bonds is 3. The van der Waals surface area contributed by atoms with Gasteiger partial charge >= 0.3 is 6.36 Å². The molecule has 0 saturated heterocycles. The summed E-state index contributed by atoms with van der Waals surface area (Å²) in [6, 6.07) is 6.37. The monoisotopic (exact) mass is 257 g/mol. The quantitative estimate of drug-likeness (QED) is 0.903. The van der Waals surface area contributed by atoms with Crippen LogP contribution in [-0.2, 0) is 5.41 Å². The van der Waals surface area contributed by atoms with Gasteiger partial charge in [0.2, 0.25) is 0 Å². The van der Waals surface area contributed by atoms with Crippen LogP contribution in [0.25, 0.3) is 0 Å². The van der Waals surface area contributed by atoms with Gasteiger partial charge in [0.15, 0.2) is 0 Å². The highest BCUT2D eigenvalue weighted by Gasteiger charge is 2.65. The lowest BCUT2D eigenvalue weighted by Gasteiger charge is -2.26. The first kappa shape index (κ1) is 11.8. The van der Waals surface area contributed by atoms with Gasteiger partial charge < -0.3 is 10.5 Å². The fourth-order valence-corrected chi connectivity index (χ4v) is 2.85. The van der Waals surface area contributed by atoms with Gasteiger partial charge in [-0.25, -0.2) is 0 Å². The van der Waals surface area contributed by atoms with Crippen LogP contribution in [0.2, 0.25) is 0 Å². The van der Waals surface area contributed by atoms with Crippen molar-refractivity contribution in [1.29, 1.82) is 0 Å². The summed E-state index contributed by atoms with van der Waals surface area (Å²) in [4.78, 5) is 0. The molecule has 0 heterocycles. The molecule has 5 heteroatoms. The molecule has 0 spiro atoms. The average molecular weight is 257 g/mol. The number of benzene rings is 1. The highest BCUT2D eigenvalue weighted by atomic mass is 19.4. The number of hydrogen-bond acceptors (Lipinski definition) is 2. The van der Waals surface area contributed by atoms with Crippen molar-refractivity contribution in [3.63, 3.8) is 0 Å². The second-order valence-corrected chi connectivity index (χ2v) is 5.28. The first-order chi connectivity index (χ1) is 8.36. The maximum Gasteiger partial charge on any atom is 0.573 e. The molecule has 98 valence electrons. The van der Waals surface area contributed by atoms with Crippen LogP contribution in [0.3, 0.4) is 0 Å². The van der Waals surface area contributed by atoms with Gasteiger partial charge in [0.05, 0.1) is 0 Å². The van der Waals surface area contributed by atoms with Crippen LogP contribution in [0, 0.1) is 0 Å². The van der Waals surface area contributed by atoms with E-state index in [2.05, 4.69) is 4.74 Å². The second kappa shape index (κ2) is 3.41. The fraction of sp³-hybridized carbons (Fsp3) is 0.538. The number of ether oxygens (including phenoxy) is 1. The number of para-hydroxylation sites is 1. The third kappa shape index (κ3) is 1.77. The van der Waals surface area contributed by atoms with E-state index in [1.165, 1.54) is 6.07 Å². The Kier molecular flexibility index (Phi) is 2.24. The Morgan fingerprint density at radius 2 is 1.67 bits per heavy atom. The van der Waals surface area contributed by atoms with Crippen molar-refractivity contribution >= 4 is 0 Å². The first-order valence-electron chi connectivity index (χ1n) is 6.01. The van der Waals surface area contributed by atoms with E-state index in [-0.39, 0.29) is 16.7 Å². The van der Waals surface area contributed by atoms with Crippen molar-refractivity contribution in [2.75, 3.05) is 0 Å². The molecule has 0 aliphatic heterocycles. The van der Waals surface area contributed by atoms with Gasteiger partial charge in [-0.15, -0.1) is 13.2 Å². The van der Waals surface area contributed by atoms with Crippen LogP contribution >= 0.6 is 0 Å². The highest BCUT2D eigenvalue weighted by molar-refractivity contribution is 5.48. The minimum Gasteiger partial charge on any atom is -0.405 e. The third-order valence-electron chi connectivity index (χ3n) is 4.12. The maximum atomic E-state index is 12.4. The van der Waals surface area contributed by atoms with Crippen LogP contribution in [0.15, 0.2) is 24.3 Å². The van der Waals surface area contributed by atoms with Gasteiger partial charge in [-0.3, -0.25) is 0 Å². The maximum absolute atomic E-state index is 12.4. The van der Waals surface area contributed by atoms with Crippen molar-refractivity contribution in [3.05, 3.63) is 29.8 Å². The molecule has 18 heavy (non-hydrogen) atoms. The third-order valence-corrected chi connectivity index (χ3v) is 4.12. The van der Waals surface area contributed by atoms with Gasteiger partial charge in [-0.1, -0.05) is 18.2 Å². The fourth-order valence-electron chi connectivity index (χ4n) is 2.85. The zero-order valence-electron chi connectivity index (χ0n) is 9.76. The molecular weight excluding hydrogens is 243 g/mol. The Morgan fingerprint density at radius 1 is 1.06 bits per heavy atom. The number of nitrogens with two attached hydrogens (primary N) is 1. The smallest absolute Gasteiger partial charge is 0.405 e. The Morgan fingerprint density at radius 3 is 2.17 bits per heavy atom. The molecule has 2 N–H and O–H groups in total. The zero-order valence-corrected chi connectivity index (χ0v) is 9.76. The van der Waals surface area contributed by atoms with Crippen LogP contribution in [0.5, 0.6) is 5.75 Å². The van der Waals surface area contributed by atoms with Crippen LogP contribution in [0.1, 0.15) is 31.2 Å². The summed E-state index contributed by atoms with van der Waals surface area (Å²) in [5.41, 5.74) is 6.21. The topological polar surface area (TPSA) is 35.2 Å². The van der Waals surface area contributed by atoms with Crippen molar-refractivity contribution in [2.24, 2.45) is 5.73 Å². The molecule has 0 radical (unpaired) electrons. The van der Waals surface area contributed by atoms with E-state index in [9.17, 15) is 13.2 Å². The molecular formula is C13H14F3NO. The zero-order chi connectivity index (χ0) is 13.0. The Bertz CT molecular complexity index is 475. The number of hydrogen-bond donors (Lipinski definition) is 1. The van der Waals surface area contributed by atoms with Gasteiger partial charge in [-0.05, 0) is 31.7 Å². The molecule has 0 aromatic heterocycles. The second-order valence-electron chi connectivity index (χ2n) is 5.28. The predicted molar refractivity (Wildman–Crippen MR) is 60.2 cm³/mol. The van der Waals surface area contributed by atoms with E-state index in [4.69, 9.17) is 5.73 Å². The van der Waals surface area contributed by atoms with Crippen molar-refractivity contribution in [3.8, 4) is 5.75 Å². The average Bonchev–Trinajstić information content (AvgIpc) is 3.12. The van der Waals surface area contributed by atoms with Crippen molar-refractivity contribution in [1.82, 2.24) is 0 Å². The molecule has 0 amide bonds. The summed E-state index contributed by atoms with van der Waals surface area (Å²) in [7, 11) is 0. The molecule has 2 saturated carbocycles. The normalized spacial score (nSPS) is 23.6. The van der Waals surface area contributed by atoms with E-state index in [1.54, 1.807) is 18.2 Å². The molecule has 1 aromatic carbocycles. The lowest BCUT2D eigenvalue weighted by atomic mass is 9.85. The van der Waals surface area contributed by atoms with Gasteiger partial charge in [0.1, 0.15) is 5.75 Å². The minimum atomic E-state index is -4.66. The Balaban J connectivity index is 1.98. The van der Waals surface area contributed by atoms with E-state index < -0.39 is 6.36 Å². The molecule has 0 unspecified atom stereocenters. The van der Waals surface area contributed by atoms with Gasteiger partial charge in [0.25, 0.3) is 0 Å². The van der Waals surface area contributed by atoms with E-state index in [0.29, 0.717) is 5.56 Å². The predicted octanol–water partition coefficient (Wildman–Crippen LogP) is 3.11. The first-order valence-corrected chi connectivity index (χ1v) is 6.01. The molecule has 0 bridgehead atoms. The molecule has 1 aromatic rings. The minimum absolute atomic E-state index is 0.0979. The highest BCUT2D eigenvalue weighted by Crippen LogP contribution is 2.65. The SMILES string of the molecule is NC1(C2(c3ccccc3OC(F)(F)F)CC2)CC1. The van der Waals surface area contributed by atoms with Crippen LogP contribution in [0.4, 0.5) is 13.2 Å². The van der Waals surface area contributed by atoms with E-state index in [1.807, 2.05) is 0 Å².